The minimum Gasteiger partial charge on any atom is -0.360 e. The van der Waals surface area contributed by atoms with Gasteiger partial charge in [-0.3, -0.25) is 4.79 Å². The van der Waals surface area contributed by atoms with Crippen molar-refractivity contribution in [3.63, 3.8) is 0 Å². The predicted octanol–water partition coefficient (Wildman–Crippen LogP) is 3.17. The van der Waals surface area contributed by atoms with E-state index in [9.17, 15) is 13.2 Å². The Labute approximate surface area is 168 Å². The van der Waals surface area contributed by atoms with Crippen LogP contribution in [-0.2, 0) is 14.8 Å². The van der Waals surface area contributed by atoms with Gasteiger partial charge in [-0.2, -0.15) is 4.31 Å². The molecule has 1 saturated carbocycles. The summed E-state index contributed by atoms with van der Waals surface area (Å²) >= 11 is 0. The highest BCUT2D eigenvalue weighted by molar-refractivity contribution is 7.89. The van der Waals surface area contributed by atoms with Crippen LogP contribution in [0.3, 0.4) is 0 Å². The fourth-order valence-corrected chi connectivity index (χ4v) is 6.38. The van der Waals surface area contributed by atoms with Crippen LogP contribution in [0.1, 0.15) is 69.2 Å². The van der Waals surface area contributed by atoms with E-state index in [4.69, 9.17) is 4.52 Å². The van der Waals surface area contributed by atoms with Crippen molar-refractivity contribution in [2.45, 2.75) is 76.5 Å². The van der Waals surface area contributed by atoms with Crippen molar-refractivity contribution in [2.75, 3.05) is 19.6 Å². The number of hydrogen-bond donors (Lipinski definition) is 1. The second-order valence-corrected chi connectivity index (χ2v) is 10.2. The Morgan fingerprint density at radius 3 is 2.61 bits per heavy atom. The summed E-state index contributed by atoms with van der Waals surface area (Å²) in [6, 6.07) is 0. The third kappa shape index (κ3) is 4.95. The van der Waals surface area contributed by atoms with Crippen LogP contribution in [0.15, 0.2) is 9.42 Å². The van der Waals surface area contributed by atoms with Crippen LogP contribution in [0, 0.1) is 25.7 Å². The summed E-state index contributed by atoms with van der Waals surface area (Å²) in [5, 5.41) is 6.79. The first-order chi connectivity index (χ1) is 13.4. The lowest BCUT2D eigenvalue weighted by Gasteiger charge is -2.31. The molecule has 8 heteroatoms. The van der Waals surface area contributed by atoms with E-state index in [0.29, 0.717) is 31.0 Å². The zero-order valence-corrected chi connectivity index (χ0v) is 17.9. The maximum absolute atomic E-state index is 13.0. The minimum atomic E-state index is -3.69. The first kappa shape index (κ1) is 21.3. The van der Waals surface area contributed by atoms with Crippen molar-refractivity contribution < 1.29 is 17.7 Å². The molecular formula is C20H33N3O4S. The van der Waals surface area contributed by atoms with Gasteiger partial charge in [0.05, 0.1) is 5.92 Å². The molecule has 3 rings (SSSR count). The van der Waals surface area contributed by atoms with Gasteiger partial charge < -0.3 is 9.84 Å². The number of sulfonamides is 1. The summed E-state index contributed by atoms with van der Waals surface area (Å²) in [5.41, 5.74) is 0.367. The number of rotatable bonds is 7. The second-order valence-electron chi connectivity index (χ2n) is 8.29. The molecule has 0 radical (unpaired) electrons. The number of aromatic nitrogens is 1. The van der Waals surface area contributed by atoms with Gasteiger partial charge in [-0.15, -0.1) is 0 Å². The lowest BCUT2D eigenvalue weighted by Crippen LogP contribution is -2.45. The van der Waals surface area contributed by atoms with E-state index in [0.717, 1.165) is 18.8 Å². The fraction of sp³-hybridized carbons (Fsp3) is 0.800. The van der Waals surface area contributed by atoms with E-state index < -0.39 is 10.0 Å². The Morgan fingerprint density at radius 1 is 1.18 bits per heavy atom. The molecule has 1 N–H and O–H groups in total. The van der Waals surface area contributed by atoms with Crippen LogP contribution in [0.4, 0.5) is 0 Å². The number of hydrogen-bond acceptors (Lipinski definition) is 5. The molecule has 1 unspecified atom stereocenters. The molecular weight excluding hydrogens is 378 g/mol. The normalized spacial score (nSPS) is 22.3. The van der Waals surface area contributed by atoms with Gasteiger partial charge in [-0.25, -0.2) is 8.42 Å². The van der Waals surface area contributed by atoms with Crippen molar-refractivity contribution >= 4 is 15.9 Å². The maximum atomic E-state index is 13.0. The van der Waals surface area contributed by atoms with Gasteiger partial charge in [0, 0.05) is 19.6 Å². The minimum absolute atomic E-state index is 0.0256. The Balaban J connectivity index is 1.50. The van der Waals surface area contributed by atoms with Crippen molar-refractivity contribution in [3.8, 4) is 0 Å². The van der Waals surface area contributed by atoms with Gasteiger partial charge in [0.15, 0.2) is 5.76 Å². The van der Waals surface area contributed by atoms with Gasteiger partial charge >= 0.3 is 0 Å². The van der Waals surface area contributed by atoms with Crippen LogP contribution in [0.2, 0.25) is 0 Å². The zero-order chi connectivity index (χ0) is 20.1. The average molecular weight is 412 g/mol. The highest BCUT2D eigenvalue weighted by Gasteiger charge is 2.36. The van der Waals surface area contributed by atoms with Crippen LogP contribution in [-0.4, -0.2) is 43.4 Å². The lowest BCUT2D eigenvalue weighted by atomic mass is 9.86. The third-order valence-electron chi connectivity index (χ3n) is 6.13. The van der Waals surface area contributed by atoms with Crippen LogP contribution in [0.25, 0.3) is 0 Å². The first-order valence-corrected chi connectivity index (χ1v) is 12.0. The Hall–Kier alpha value is -1.41. The molecule has 2 fully saturated rings. The highest BCUT2D eigenvalue weighted by Crippen LogP contribution is 2.28. The van der Waals surface area contributed by atoms with Crippen molar-refractivity contribution in [3.05, 3.63) is 11.5 Å². The maximum Gasteiger partial charge on any atom is 0.248 e. The summed E-state index contributed by atoms with van der Waals surface area (Å²) in [4.78, 5) is 12.7. The smallest absolute Gasteiger partial charge is 0.248 e. The van der Waals surface area contributed by atoms with Crippen LogP contribution >= 0.6 is 0 Å². The summed E-state index contributed by atoms with van der Waals surface area (Å²) in [7, 11) is -3.69. The zero-order valence-electron chi connectivity index (χ0n) is 17.1. The summed E-state index contributed by atoms with van der Waals surface area (Å²) in [6.45, 7) is 4.57. The van der Waals surface area contributed by atoms with Gasteiger partial charge in [-0.05, 0) is 45.4 Å². The van der Waals surface area contributed by atoms with E-state index in [1.165, 1.54) is 42.8 Å². The van der Waals surface area contributed by atoms with Crippen molar-refractivity contribution in [1.29, 1.82) is 0 Å². The number of aryl methyl sites for hydroxylation is 2. The van der Waals surface area contributed by atoms with E-state index in [2.05, 4.69) is 10.5 Å². The predicted molar refractivity (Wildman–Crippen MR) is 106 cm³/mol. The Morgan fingerprint density at radius 2 is 1.93 bits per heavy atom. The molecule has 0 aromatic carbocycles. The van der Waals surface area contributed by atoms with Gasteiger partial charge in [0.25, 0.3) is 0 Å². The molecule has 2 heterocycles. The molecule has 28 heavy (non-hydrogen) atoms. The molecule has 1 aromatic rings. The van der Waals surface area contributed by atoms with E-state index in [1.807, 2.05) is 0 Å². The molecule has 1 atom stereocenters. The largest absolute Gasteiger partial charge is 0.360 e. The second kappa shape index (κ2) is 9.39. The van der Waals surface area contributed by atoms with E-state index >= 15 is 0 Å². The molecule has 1 aromatic heterocycles. The Kier molecular flexibility index (Phi) is 7.15. The molecule has 0 bridgehead atoms. The molecule has 1 aliphatic carbocycles. The van der Waals surface area contributed by atoms with Crippen LogP contribution in [0.5, 0.6) is 0 Å². The van der Waals surface area contributed by atoms with E-state index in [-0.39, 0.29) is 23.3 Å². The third-order valence-corrected chi connectivity index (χ3v) is 8.24. The van der Waals surface area contributed by atoms with Crippen molar-refractivity contribution in [2.24, 2.45) is 11.8 Å². The first-order valence-electron chi connectivity index (χ1n) is 10.6. The quantitative estimate of drug-likeness (QED) is 0.696. The van der Waals surface area contributed by atoms with Gasteiger partial charge in [-0.1, -0.05) is 37.3 Å². The number of amides is 1. The van der Waals surface area contributed by atoms with Gasteiger partial charge in [0.1, 0.15) is 10.6 Å². The van der Waals surface area contributed by atoms with Crippen molar-refractivity contribution in [1.82, 2.24) is 14.8 Å². The number of piperidine rings is 1. The molecule has 7 nitrogen and oxygen atoms in total. The number of nitrogens with zero attached hydrogens (tertiary/aromatic N) is 2. The monoisotopic (exact) mass is 411 g/mol. The standard InChI is InChI=1S/C20H33N3O4S/c1-15-19(16(2)27-22-15)28(25,26)23-13-7-11-18(14-23)20(24)21-12-6-10-17-8-4-3-5-9-17/h17-18H,3-14H2,1-2H3,(H,21,24). The lowest BCUT2D eigenvalue weighted by molar-refractivity contribution is -0.126. The fourth-order valence-electron chi connectivity index (χ4n) is 4.57. The molecule has 1 amide bonds. The van der Waals surface area contributed by atoms with Crippen LogP contribution < -0.4 is 5.32 Å². The Bertz CT molecular complexity index is 749. The number of nitrogens with one attached hydrogen (secondary N) is 1. The SMILES string of the molecule is Cc1noc(C)c1S(=O)(=O)N1CCCC(C(=O)NCCCC2CCCCC2)C1. The van der Waals surface area contributed by atoms with E-state index in [1.54, 1.807) is 13.8 Å². The topological polar surface area (TPSA) is 92.5 Å². The molecule has 2 aliphatic rings. The molecule has 158 valence electrons. The molecule has 1 saturated heterocycles. The van der Waals surface area contributed by atoms with Gasteiger partial charge in [0.2, 0.25) is 15.9 Å². The number of carbonyl (C=O) groups excluding carboxylic acids is 1. The molecule has 1 aliphatic heterocycles. The summed E-state index contributed by atoms with van der Waals surface area (Å²) in [5.74, 6) is 0.795. The molecule has 0 spiro atoms. The highest BCUT2D eigenvalue weighted by atomic mass is 32.2. The average Bonchev–Trinajstić information content (AvgIpc) is 3.05. The number of carbonyl (C=O) groups is 1. The summed E-state index contributed by atoms with van der Waals surface area (Å²) in [6.07, 6.45) is 10.3. The summed E-state index contributed by atoms with van der Waals surface area (Å²) < 4.78 is 32.4.